The average molecular weight is 269 g/mol. The molecule has 4 heteroatoms. The summed E-state index contributed by atoms with van der Waals surface area (Å²) in [5.41, 5.74) is 1.79. The van der Waals surface area contributed by atoms with Gasteiger partial charge in [-0.15, -0.1) is 0 Å². The number of fused-ring (bicyclic) bond motifs is 1. The lowest BCUT2D eigenvalue weighted by Gasteiger charge is -1.88. The van der Waals surface area contributed by atoms with E-state index >= 15 is 0 Å². The average Bonchev–Trinajstić information content (AvgIpc) is 2.49. The van der Waals surface area contributed by atoms with Gasteiger partial charge in [0.1, 0.15) is 11.6 Å². The number of nitrogens with one attached hydrogen (secondary N) is 1. The van der Waals surface area contributed by atoms with Crippen molar-refractivity contribution in [2.75, 3.05) is 0 Å². The number of para-hydroxylation sites is 1. The van der Waals surface area contributed by atoms with Gasteiger partial charge in [0.25, 0.3) is 0 Å². The minimum absolute atomic E-state index is 0.370. The van der Waals surface area contributed by atoms with E-state index in [1.165, 1.54) is 0 Å². The Bertz CT molecular complexity index is 467. The summed E-state index contributed by atoms with van der Waals surface area (Å²) in [5.74, 6) is 0.370. The van der Waals surface area contributed by atoms with Crippen molar-refractivity contribution in [1.82, 2.24) is 9.97 Å². The number of H-pyrrole nitrogens is 1. The van der Waals surface area contributed by atoms with Gasteiger partial charge >= 0.3 is 0 Å². The monoisotopic (exact) mass is 269 g/mol. The first-order valence-electron chi connectivity index (χ1n) is 3.35. The van der Waals surface area contributed by atoms with Gasteiger partial charge in [0, 0.05) is 3.57 Å². The fraction of sp³-hybridized carbons (Fsp3) is 0. The van der Waals surface area contributed by atoms with Crippen LogP contribution in [0.4, 0.5) is 0 Å². The molecule has 0 saturated carbocycles. The maximum Gasteiger partial charge on any atom is 0.211 e. The number of aromatic amines is 1. The number of aromatic nitrogens is 2. The Balaban J connectivity index is 2.85. The van der Waals surface area contributed by atoms with Gasteiger partial charge in [-0.1, -0.05) is 6.07 Å². The van der Waals surface area contributed by atoms with Crippen LogP contribution in [0.15, 0.2) is 18.2 Å². The van der Waals surface area contributed by atoms with Gasteiger partial charge in [-0.3, -0.25) is 0 Å². The normalized spacial score (nSPS) is 10.0. The predicted molar refractivity (Wildman–Crippen MR) is 53.5 cm³/mol. The molecule has 0 fully saturated rings. The Kier molecular flexibility index (Phi) is 1.73. The van der Waals surface area contributed by atoms with Crippen LogP contribution in [0.5, 0.6) is 0 Å². The minimum Gasteiger partial charge on any atom is -0.329 e. The molecule has 1 aromatic heterocycles. The number of hydrogen-bond donors (Lipinski definition) is 1. The second-order valence-corrected chi connectivity index (χ2v) is 3.50. The van der Waals surface area contributed by atoms with E-state index in [0.717, 1.165) is 14.6 Å². The highest BCUT2D eigenvalue weighted by atomic mass is 127. The van der Waals surface area contributed by atoms with E-state index in [1.54, 1.807) is 0 Å². The van der Waals surface area contributed by atoms with Crippen LogP contribution >= 0.6 is 22.6 Å². The number of nitrogens with zero attached hydrogens (tertiary/aromatic N) is 2. The third-order valence-electron chi connectivity index (χ3n) is 1.57. The zero-order chi connectivity index (χ0) is 8.55. The van der Waals surface area contributed by atoms with Crippen molar-refractivity contribution in [3.8, 4) is 6.07 Å². The Morgan fingerprint density at radius 2 is 2.33 bits per heavy atom. The molecule has 0 aliphatic carbocycles. The van der Waals surface area contributed by atoms with Crippen molar-refractivity contribution in [1.29, 1.82) is 5.26 Å². The van der Waals surface area contributed by atoms with Crippen molar-refractivity contribution in [2.45, 2.75) is 0 Å². The van der Waals surface area contributed by atoms with E-state index in [1.807, 2.05) is 24.3 Å². The number of benzene rings is 1. The zero-order valence-corrected chi connectivity index (χ0v) is 8.16. The number of halogens is 1. The molecular weight excluding hydrogens is 265 g/mol. The SMILES string of the molecule is N#Cc1nc2c(I)cccc2[nH]1. The molecule has 2 rings (SSSR count). The molecule has 1 aromatic carbocycles. The maximum absolute atomic E-state index is 8.58. The summed E-state index contributed by atoms with van der Waals surface area (Å²) in [7, 11) is 0. The largest absolute Gasteiger partial charge is 0.329 e. The quantitative estimate of drug-likeness (QED) is 0.744. The third-order valence-corrected chi connectivity index (χ3v) is 2.44. The van der Waals surface area contributed by atoms with Gasteiger partial charge in [-0.2, -0.15) is 5.26 Å². The Morgan fingerprint density at radius 1 is 1.50 bits per heavy atom. The molecule has 1 N–H and O–H groups in total. The van der Waals surface area contributed by atoms with Gasteiger partial charge in [-0.25, -0.2) is 4.98 Å². The smallest absolute Gasteiger partial charge is 0.211 e. The van der Waals surface area contributed by atoms with E-state index in [2.05, 4.69) is 32.6 Å². The van der Waals surface area contributed by atoms with Crippen molar-refractivity contribution in [3.63, 3.8) is 0 Å². The molecule has 0 spiro atoms. The number of hydrogen-bond acceptors (Lipinski definition) is 2. The first kappa shape index (κ1) is 7.55. The summed E-state index contributed by atoms with van der Waals surface area (Å²) in [6, 6.07) is 7.78. The molecule has 0 aliphatic heterocycles. The Morgan fingerprint density at radius 3 is 3.00 bits per heavy atom. The molecule has 1 heterocycles. The van der Waals surface area contributed by atoms with Crippen molar-refractivity contribution < 1.29 is 0 Å². The lowest BCUT2D eigenvalue weighted by molar-refractivity contribution is 1.25. The van der Waals surface area contributed by atoms with Gasteiger partial charge in [-0.05, 0) is 34.7 Å². The number of rotatable bonds is 0. The summed E-state index contributed by atoms with van der Waals surface area (Å²) in [6.45, 7) is 0. The van der Waals surface area contributed by atoms with Crippen LogP contribution in [0.1, 0.15) is 5.82 Å². The van der Waals surface area contributed by atoms with E-state index in [0.29, 0.717) is 5.82 Å². The van der Waals surface area contributed by atoms with Crippen molar-refractivity contribution in [3.05, 3.63) is 27.6 Å². The van der Waals surface area contributed by atoms with Crippen LogP contribution in [0.3, 0.4) is 0 Å². The lowest BCUT2D eigenvalue weighted by Crippen LogP contribution is -1.74. The van der Waals surface area contributed by atoms with Gasteiger partial charge < -0.3 is 4.98 Å². The second-order valence-electron chi connectivity index (χ2n) is 2.33. The number of nitriles is 1. The lowest BCUT2D eigenvalue weighted by atomic mass is 10.3. The fourth-order valence-electron chi connectivity index (χ4n) is 1.05. The van der Waals surface area contributed by atoms with Crippen LogP contribution in [-0.2, 0) is 0 Å². The molecule has 58 valence electrons. The van der Waals surface area contributed by atoms with Gasteiger partial charge in [0.2, 0.25) is 5.82 Å². The van der Waals surface area contributed by atoms with E-state index in [9.17, 15) is 0 Å². The standard InChI is InChI=1S/C8H4IN3/c9-5-2-1-3-6-8(5)12-7(4-10)11-6/h1-3H,(H,11,12). The Labute approximate surface area is 82.6 Å². The summed E-state index contributed by atoms with van der Waals surface area (Å²) in [4.78, 5) is 7.02. The first-order chi connectivity index (χ1) is 5.81. The summed E-state index contributed by atoms with van der Waals surface area (Å²) in [5, 5.41) is 8.58. The minimum atomic E-state index is 0.370. The molecule has 0 amide bonds. The van der Waals surface area contributed by atoms with E-state index in [-0.39, 0.29) is 0 Å². The molecule has 2 aromatic rings. The van der Waals surface area contributed by atoms with Crippen molar-refractivity contribution >= 4 is 33.6 Å². The zero-order valence-electron chi connectivity index (χ0n) is 6.00. The molecular formula is C8H4IN3. The van der Waals surface area contributed by atoms with E-state index < -0.39 is 0 Å². The molecule has 3 nitrogen and oxygen atoms in total. The maximum atomic E-state index is 8.58. The highest BCUT2D eigenvalue weighted by molar-refractivity contribution is 14.1. The molecule has 0 unspecified atom stereocenters. The summed E-state index contributed by atoms with van der Waals surface area (Å²) in [6.07, 6.45) is 0. The number of imidazole rings is 1. The molecule has 12 heavy (non-hydrogen) atoms. The fourth-order valence-corrected chi connectivity index (χ4v) is 1.67. The highest BCUT2D eigenvalue weighted by Gasteiger charge is 2.03. The van der Waals surface area contributed by atoms with Crippen LogP contribution in [0.25, 0.3) is 11.0 Å². The molecule has 0 bridgehead atoms. The summed E-state index contributed by atoms with van der Waals surface area (Å²) >= 11 is 2.20. The second kappa shape index (κ2) is 2.75. The first-order valence-corrected chi connectivity index (χ1v) is 4.43. The van der Waals surface area contributed by atoms with Gasteiger partial charge in [0.05, 0.1) is 5.52 Å². The van der Waals surface area contributed by atoms with Crippen LogP contribution in [0.2, 0.25) is 0 Å². The van der Waals surface area contributed by atoms with Crippen LogP contribution in [-0.4, -0.2) is 9.97 Å². The Hall–Kier alpha value is -1.09. The van der Waals surface area contributed by atoms with Gasteiger partial charge in [0.15, 0.2) is 0 Å². The highest BCUT2D eigenvalue weighted by Crippen LogP contribution is 2.17. The topological polar surface area (TPSA) is 52.5 Å². The molecule has 0 radical (unpaired) electrons. The third kappa shape index (κ3) is 1.06. The predicted octanol–water partition coefficient (Wildman–Crippen LogP) is 2.04. The molecule has 0 atom stereocenters. The molecule has 0 aliphatic rings. The van der Waals surface area contributed by atoms with Crippen molar-refractivity contribution in [2.24, 2.45) is 0 Å². The van der Waals surface area contributed by atoms with Crippen LogP contribution in [0, 0.1) is 14.9 Å². The molecule has 0 saturated heterocycles. The summed E-state index contributed by atoms with van der Waals surface area (Å²) < 4.78 is 1.06. The van der Waals surface area contributed by atoms with E-state index in [4.69, 9.17) is 5.26 Å². The van der Waals surface area contributed by atoms with Crippen LogP contribution < -0.4 is 0 Å².